The number of benzene rings is 2. The second-order valence-electron chi connectivity index (χ2n) is 4.68. The zero-order valence-electron chi connectivity index (χ0n) is 11.9. The minimum atomic E-state index is 0.203. The van der Waals surface area contributed by atoms with Crippen molar-refractivity contribution in [3.05, 3.63) is 78.4 Å². The summed E-state index contributed by atoms with van der Waals surface area (Å²) in [5.74, 6) is 0.898. The Hall–Kier alpha value is -2.06. The molecule has 20 heavy (non-hydrogen) atoms. The predicted molar refractivity (Wildman–Crippen MR) is 84.1 cm³/mol. The number of ether oxygens (including phenoxy) is 1. The molecule has 2 nitrogen and oxygen atoms in total. The van der Waals surface area contributed by atoms with Gasteiger partial charge in [0, 0.05) is 6.54 Å². The van der Waals surface area contributed by atoms with Crippen molar-refractivity contribution in [1.82, 2.24) is 5.32 Å². The summed E-state index contributed by atoms with van der Waals surface area (Å²) in [5, 5.41) is 3.51. The number of nitrogens with one attached hydrogen (secondary N) is 1. The summed E-state index contributed by atoms with van der Waals surface area (Å²) in [6.45, 7) is 4.82. The minimum Gasteiger partial charge on any atom is -0.497 e. The lowest BCUT2D eigenvalue weighted by Gasteiger charge is -2.15. The third-order valence-corrected chi connectivity index (χ3v) is 3.33. The first-order valence-corrected chi connectivity index (χ1v) is 6.87. The zero-order valence-corrected chi connectivity index (χ0v) is 11.9. The van der Waals surface area contributed by atoms with Crippen LogP contribution in [0.15, 0.2) is 67.3 Å². The molecule has 0 aliphatic carbocycles. The summed E-state index contributed by atoms with van der Waals surface area (Å²) < 4.78 is 5.16. The normalized spacial score (nSPS) is 11.8. The Labute approximate surface area is 121 Å². The standard InChI is InChI=1S/C18H21NO/c1-3-18(16-7-5-4-6-8-16)19-14-13-15-9-11-17(20-2)12-10-15/h3-12,18-19H,1,13-14H2,2H3/t18-/m0/s1. The Morgan fingerprint density at radius 2 is 1.80 bits per heavy atom. The van der Waals surface area contributed by atoms with Gasteiger partial charge in [0.1, 0.15) is 5.75 Å². The van der Waals surface area contributed by atoms with Crippen molar-refractivity contribution in [2.24, 2.45) is 0 Å². The quantitative estimate of drug-likeness (QED) is 0.771. The van der Waals surface area contributed by atoms with Crippen LogP contribution in [0, 0.1) is 0 Å². The van der Waals surface area contributed by atoms with Crippen LogP contribution in [0.3, 0.4) is 0 Å². The van der Waals surface area contributed by atoms with Crippen molar-refractivity contribution < 1.29 is 4.74 Å². The van der Waals surface area contributed by atoms with E-state index in [0.717, 1.165) is 18.7 Å². The molecule has 2 aromatic rings. The van der Waals surface area contributed by atoms with Crippen LogP contribution in [0.5, 0.6) is 5.75 Å². The van der Waals surface area contributed by atoms with Crippen molar-refractivity contribution in [2.45, 2.75) is 12.5 Å². The molecule has 0 fully saturated rings. The van der Waals surface area contributed by atoms with Gasteiger partial charge in [-0.1, -0.05) is 48.5 Å². The van der Waals surface area contributed by atoms with E-state index in [4.69, 9.17) is 4.74 Å². The van der Waals surface area contributed by atoms with Gasteiger partial charge in [-0.25, -0.2) is 0 Å². The molecule has 2 aromatic carbocycles. The molecule has 1 atom stereocenters. The fraction of sp³-hybridized carbons (Fsp3) is 0.222. The Balaban J connectivity index is 1.86. The van der Waals surface area contributed by atoms with E-state index < -0.39 is 0 Å². The fourth-order valence-electron chi connectivity index (χ4n) is 2.16. The Bertz CT molecular complexity index is 519. The van der Waals surface area contributed by atoms with Crippen LogP contribution in [0.25, 0.3) is 0 Å². The number of hydrogen-bond donors (Lipinski definition) is 1. The average Bonchev–Trinajstić information content (AvgIpc) is 2.53. The van der Waals surface area contributed by atoms with Crippen LogP contribution < -0.4 is 10.1 Å². The lowest BCUT2D eigenvalue weighted by atomic mass is 10.1. The molecule has 1 N–H and O–H groups in total. The van der Waals surface area contributed by atoms with Gasteiger partial charge in [0.25, 0.3) is 0 Å². The summed E-state index contributed by atoms with van der Waals surface area (Å²) in [4.78, 5) is 0. The highest BCUT2D eigenvalue weighted by Gasteiger charge is 2.05. The molecule has 0 saturated carbocycles. The first kappa shape index (κ1) is 14.4. The number of methoxy groups -OCH3 is 1. The van der Waals surface area contributed by atoms with Gasteiger partial charge in [0.05, 0.1) is 13.2 Å². The highest BCUT2D eigenvalue weighted by molar-refractivity contribution is 5.27. The first-order valence-electron chi connectivity index (χ1n) is 6.87. The van der Waals surface area contributed by atoms with E-state index in [1.807, 2.05) is 24.3 Å². The van der Waals surface area contributed by atoms with Gasteiger partial charge in [-0.2, -0.15) is 0 Å². The molecule has 2 heteroatoms. The van der Waals surface area contributed by atoms with Gasteiger partial charge in [-0.3, -0.25) is 0 Å². The second-order valence-corrected chi connectivity index (χ2v) is 4.68. The molecule has 0 spiro atoms. The molecule has 0 aliphatic heterocycles. The molecule has 0 amide bonds. The maximum Gasteiger partial charge on any atom is 0.118 e. The van der Waals surface area contributed by atoms with Gasteiger partial charge in [-0.15, -0.1) is 6.58 Å². The topological polar surface area (TPSA) is 21.3 Å². The van der Waals surface area contributed by atoms with Gasteiger partial charge < -0.3 is 10.1 Å². The lowest BCUT2D eigenvalue weighted by Crippen LogP contribution is -2.22. The molecule has 0 radical (unpaired) electrons. The van der Waals surface area contributed by atoms with Crippen LogP contribution in [0.2, 0.25) is 0 Å². The third-order valence-electron chi connectivity index (χ3n) is 3.33. The van der Waals surface area contributed by atoms with Crippen LogP contribution >= 0.6 is 0 Å². The predicted octanol–water partition coefficient (Wildman–Crippen LogP) is 3.75. The molecule has 0 unspecified atom stereocenters. The summed E-state index contributed by atoms with van der Waals surface area (Å²) >= 11 is 0. The third kappa shape index (κ3) is 3.97. The van der Waals surface area contributed by atoms with Crippen molar-refractivity contribution in [3.63, 3.8) is 0 Å². The Kier molecular flexibility index (Phi) is 5.39. The molecule has 0 aromatic heterocycles. The highest BCUT2D eigenvalue weighted by Crippen LogP contribution is 2.14. The van der Waals surface area contributed by atoms with Crippen LogP contribution in [-0.2, 0) is 6.42 Å². The molecular formula is C18H21NO. The Morgan fingerprint density at radius 3 is 2.40 bits per heavy atom. The molecule has 0 saturated heterocycles. The van der Waals surface area contributed by atoms with Gasteiger partial charge in [0.15, 0.2) is 0 Å². The molecule has 0 heterocycles. The molecular weight excluding hydrogens is 246 g/mol. The molecule has 104 valence electrons. The maximum absolute atomic E-state index is 5.16. The van der Waals surface area contributed by atoms with E-state index in [9.17, 15) is 0 Å². The second kappa shape index (κ2) is 7.51. The largest absolute Gasteiger partial charge is 0.497 e. The van der Waals surface area contributed by atoms with Crippen molar-refractivity contribution in [3.8, 4) is 5.75 Å². The average molecular weight is 267 g/mol. The van der Waals surface area contributed by atoms with E-state index in [-0.39, 0.29) is 6.04 Å². The monoisotopic (exact) mass is 267 g/mol. The SMILES string of the molecule is C=C[C@H](NCCc1ccc(OC)cc1)c1ccccc1. The van der Waals surface area contributed by atoms with Crippen LogP contribution in [0.4, 0.5) is 0 Å². The summed E-state index contributed by atoms with van der Waals surface area (Å²) in [6.07, 6.45) is 2.94. The van der Waals surface area contributed by atoms with Crippen molar-refractivity contribution in [2.75, 3.05) is 13.7 Å². The van der Waals surface area contributed by atoms with Crippen molar-refractivity contribution >= 4 is 0 Å². The van der Waals surface area contributed by atoms with E-state index in [2.05, 4.69) is 48.3 Å². The fourth-order valence-corrected chi connectivity index (χ4v) is 2.16. The minimum absolute atomic E-state index is 0.203. The summed E-state index contributed by atoms with van der Waals surface area (Å²) in [6, 6.07) is 18.8. The molecule has 2 rings (SSSR count). The van der Waals surface area contributed by atoms with Crippen LogP contribution in [-0.4, -0.2) is 13.7 Å². The Morgan fingerprint density at radius 1 is 1.10 bits per heavy atom. The summed E-state index contributed by atoms with van der Waals surface area (Å²) in [5.41, 5.74) is 2.55. The molecule has 0 bridgehead atoms. The number of hydrogen-bond acceptors (Lipinski definition) is 2. The first-order chi connectivity index (χ1) is 9.83. The molecule has 0 aliphatic rings. The lowest BCUT2D eigenvalue weighted by molar-refractivity contribution is 0.414. The number of rotatable bonds is 7. The van der Waals surface area contributed by atoms with Gasteiger partial charge >= 0.3 is 0 Å². The van der Waals surface area contributed by atoms with Crippen molar-refractivity contribution in [1.29, 1.82) is 0 Å². The highest BCUT2D eigenvalue weighted by atomic mass is 16.5. The van der Waals surface area contributed by atoms with E-state index in [1.165, 1.54) is 11.1 Å². The smallest absolute Gasteiger partial charge is 0.118 e. The van der Waals surface area contributed by atoms with E-state index >= 15 is 0 Å². The summed E-state index contributed by atoms with van der Waals surface area (Å²) in [7, 11) is 1.69. The van der Waals surface area contributed by atoms with E-state index in [1.54, 1.807) is 7.11 Å². The zero-order chi connectivity index (χ0) is 14.2. The van der Waals surface area contributed by atoms with Gasteiger partial charge in [0.2, 0.25) is 0 Å². The van der Waals surface area contributed by atoms with E-state index in [0.29, 0.717) is 0 Å². The van der Waals surface area contributed by atoms with Gasteiger partial charge in [-0.05, 0) is 29.7 Å². The van der Waals surface area contributed by atoms with Crippen LogP contribution in [0.1, 0.15) is 17.2 Å². The maximum atomic E-state index is 5.16.